The normalized spacial score (nSPS) is 11.6. The van der Waals surface area contributed by atoms with E-state index in [0.717, 1.165) is 5.52 Å². The SMILES string of the molecule is CC(C)(C(=O)O)c1cnc2ccccc2n1. The molecule has 1 aromatic heterocycles. The smallest absolute Gasteiger partial charge is 0.315 e. The molecule has 16 heavy (non-hydrogen) atoms. The molecule has 0 unspecified atom stereocenters. The van der Waals surface area contributed by atoms with Crippen molar-refractivity contribution in [1.29, 1.82) is 0 Å². The molecule has 0 radical (unpaired) electrons. The minimum absolute atomic E-state index is 0.471. The standard InChI is InChI=1S/C12H12N2O2/c1-12(2,11(15)16)10-7-13-8-5-3-4-6-9(8)14-10/h3-7H,1-2H3,(H,15,16). The average Bonchev–Trinajstić information content (AvgIpc) is 2.28. The number of fused-ring (bicyclic) bond motifs is 1. The van der Waals surface area contributed by atoms with Crippen LogP contribution in [0.5, 0.6) is 0 Å². The Labute approximate surface area is 93.0 Å². The van der Waals surface area contributed by atoms with Crippen LogP contribution in [0.3, 0.4) is 0 Å². The number of para-hydroxylation sites is 2. The predicted molar refractivity (Wildman–Crippen MR) is 60.2 cm³/mol. The maximum absolute atomic E-state index is 11.1. The summed E-state index contributed by atoms with van der Waals surface area (Å²) in [6.07, 6.45) is 1.52. The first-order valence-corrected chi connectivity index (χ1v) is 4.97. The van der Waals surface area contributed by atoms with E-state index in [0.29, 0.717) is 11.2 Å². The maximum Gasteiger partial charge on any atom is 0.315 e. The van der Waals surface area contributed by atoms with Gasteiger partial charge in [-0.05, 0) is 26.0 Å². The number of carbonyl (C=O) groups is 1. The van der Waals surface area contributed by atoms with Gasteiger partial charge in [-0.25, -0.2) is 4.98 Å². The second-order valence-corrected chi connectivity index (χ2v) is 4.17. The van der Waals surface area contributed by atoms with Crippen LogP contribution in [0.25, 0.3) is 11.0 Å². The molecule has 4 nitrogen and oxygen atoms in total. The van der Waals surface area contributed by atoms with Crippen LogP contribution in [0.2, 0.25) is 0 Å². The van der Waals surface area contributed by atoms with Crippen LogP contribution < -0.4 is 0 Å². The number of benzene rings is 1. The van der Waals surface area contributed by atoms with Gasteiger partial charge in [0, 0.05) is 0 Å². The van der Waals surface area contributed by atoms with Crippen LogP contribution in [-0.4, -0.2) is 21.0 Å². The van der Waals surface area contributed by atoms with Crippen molar-refractivity contribution in [3.05, 3.63) is 36.2 Å². The molecule has 0 aliphatic heterocycles. The molecule has 4 heteroatoms. The third-order valence-corrected chi connectivity index (χ3v) is 2.62. The van der Waals surface area contributed by atoms with Gasteiger partial charge in [0.05, 0.1) is 22.9 Å². The Hall–Kier alpha value is -1.97. The van der Waals surface area contributed by atoms with Crippen molar-refractivity contribution < 1.29 is 9.90 Å². The molecule has 0 saturated heterocycles. The summed E-state index contributed by atoms with van der Waals surface area (Å²) in [6.45, 7) is 3.24. The molecule has 0 spiro atoms. The fourth-order valence-electron chi connectivity index (χ4n) is 1.37. The van der Waals surface area contributed by atoms with Gasteiger partial charge < -0.3 is 5.11 Å². The predicted octanol–water partition coefficient (Wildman–Crippen LogP) is 1.99. The lowest BCUT2D eigenvalue weighted by Gasteiger charge is -2.18. The fourth-order valence-corrected chi connectivity index (χ4v) is 1.37. The number of carboxylic acids is 1. The van der Waals surface area contributed by atoms with E-state index < -0.39 is 11.4 Å². The molecule has 0 aliphatic carbocycles. The molecule has 0 aliphatic rings. The quantitative estimate of drug-likeness (QED) is 0.833. The van der Waals surface area contributed by atoms with Crippen molar-refractivity contribution in [3.63, 3.8) is 0 Å². The molecule has 1 N–H and O–H groups in total. The summed E-state index contributed by atoms with van der Waals surface area (Å²) in [4.78, 5) is 19.6. The van der Waals surface area contributed by atoms with Gasteiger partial charge in [-0.3, -0.25) is 9.78 Å². The molecule has 0 saturated carbocycles. The molecular weight excluding hydrogens is 204 g/mol. The van der Waals surface area contributed by atoms with Crippen LogP contribution in [-0.2, 0) is 10.2 Å². The lowest BCUT2D eigenvalue weighted by atomic mass is 9.90. The van der Waals surface area contributed by atoms with E-state index >= 15 is 0 Å². The van der Waals surface area contributed by atoms with Crippen molar-refractivity contribution in [2.45, 2.75) is 19.3 Å². The molecule has 0 bridgehead atoms. The van der Waals surface area contributed by atoms with Crippen LogP contribution in [0.1, 0.15) is 19.5 Å². The zero-order chi connectivity index (χ0) is 11.8. The van der Waals surface area contributed by atoms with Crippen molar-refractivity contribution in [3.8, 4) is 0 Å². The Balaban J connectivity index is 2.59. The van der Waals surface area contributed by atoms with E-state index in [2.05, 4.69) is 9.97 Å². The molecule has 1 aromatic carbocycles. The molecular formula is C12H12N2O2. The monoisotopic (exact) mass is 216 g/mol. The lowest BCUT2D eigenvalue weighted by molar-refractivity contribution is -0.142. The van der Waals surface area contributed by atoms with E-state index in [1.54, 1.807) is 13.8 Å². The summed E-state index contributed by atoms with van der Waals surface area (Å²) in [5.41, 5.74) is 0.942. The largest absolute Gasteiger partial charge is 0.481 e. The highest BCUT2D eigenvalue weighted by molar-refractivity contribution is 5.81. The second kappa shape index (κ2) is 3.56. The molecule has 2 aromatic rings. The summed E-state index contributed by atoms with van der Waals surface area (Å²) in [7, 11) is 0. The summed E-state index contributed by atoms with van der Waals surface area (Å²) in [5, 5.41) is 9.10. The van der Waals surface area contributed by atoms with Gasteiger partial charge in [0.25, 0.3) is 0 Å². The number of nitrogens with zero attached hydrogens (tertiary/aromatic N) is 2. The first kappa shape index (κ1) is 10.5. The van der Waals surface area contributed by atoms with Gasteiger partial charge >= 0.3 is 5.97 Å². The molecule has 1 heterocycles. The second-order valence-electron chi connectivity index (χ2n) is 4.17. The highest BCUT2D eigenvalue weighted by Gasteiger charge is 2.31. The molecule has 2 rings (SSSR count). The van der Waals surface area contributed by atoms with Gasteiger partial charge in [0.15, 0.2) is 0 Å². The average molecular weight is 216 g/mol. The highest BCUT2D eigenvalue weighted by atomic mass is 16.4. The van der Waals surface area contributed by atoms with Gasteiger partial charge in [-0.15, -0.1) is 0 Å². The molecule has 82 valence electrons. The maximum atomic E-state index is 11.1. The Morgan fingerprint density at radius 2 is 1.88 bits per heavy atom. The first-order valence-electron chi connectivity index (χ1n) is 4.97. The minimum atomic E-state index is -1.02. The van der Waals surface area contributed by atoms with E-state index in [9.17, 15) is 4.79 Å². The van der Waals surface area contributed by atoms with Crippen molar-refractivity contribution in [1.82, 2.24) is 9.97 Å². The van der Waals surface area contributed by atoms with Crippen molar-refractivity contribution >= 4 is 17.0 Å². The lowest BCUT2D eigenvalue weighted by Crippen LogP contribution is -2.29. The zero-order valence-electron chi connectivity index (χ0n) is 9.14. The molecule has 0 atom stereocenters. The van der Waals surface area contributed by atoms with Gasteiger partial charge in [-0.2, -0.15) is 0 Å². The van der Waals surface area contributed by atoms with Gasteiger partial charge in [-0.1, -0.05) is 12.1 Å². The summed E-state index contributed by atoms with van der Waals surface area (Å²) >= 11 is 0. The first-order chi connectivity index (χ1) is 7.51. The number of carboxylic acid groups (broad SMARTS) is 1. The van der Waals surface area contributed by atoms with E-state index in [1.165, 1.54) is 6.20 Å². The molecule has 0 amide bonds. The Morgan fingerprint density at radius 1 is 1.25 bits per heavy atom. The Bertz CT molecular complexity index is 549. The summed E-state index contributed by atoms with van der Waals surface area (Å²) < 4.78 is 0. The minimum Gasteiger partial charge on any atom is -0.481 e. The van der Waals surface area contributed by atoms with E-state index in [-0.39, 0.29) is 0 Å². The van der Waals surface area contributed by atoms with Gasteiger partial charge in [0.1, 0.15) is 5.41 Å². The summed E-state index contributed by atoms with van der Waals surface area (Å²) in [5.74, 6) is -0.905. The van der Waals surface area contributed by atoms with Crippen LogP contribution in [0.15, 0.2) is 30.5 Å². The number of aromatic nitrogens is 2. The van der Waals surface area contributed by atoms with Crippen LogP contribution in [0.4, 0.5) is 0 Å². The van der Waals surface area contributed by atoms with Crippen molar-refractivity contribution in [2.24, 2.45) is 0 Å². The van der Waals surface area contributed by atoms with Gasteiger partial charge in [0.2, 0.25) is 0 Å². The third-order valence-electron chi connectivity index (χ3n) is 2.62. The third kappa shape index (κ3) is 1.62. The number of hydrogen-bond acceptors (Lipinski definition) is 3. The Kier molecular flexibility index (Phi) is 2.34. The van der Waals surface area contributed by atoms with Crippen molar-refractivity contribution in [2.75, 3.05) is 0 Å². The van der Waals surface area contributed by atoms with E-state index in [1.807, 2.05) is 24.3 Å². The topological polar surface area (TPSA) is 63.1 Å². The molecule has 0 fully saturated rings. The fraction of sp³-hybridized carbons (Fsp3) is 0.250. The van der Waals surface area contributed by atoms with Crippen LogP contribution >= 0.6 is 0 Å². The number of hydrogen-bond donors (Lipinski definition) is 1. The Morgan fingerprint density at radius 3 is 2.50 bits per heavy atom. The highest BCUT2D eigenvalue weighted by Crippen LogP contribution is 2.22. The summed E-state index contributed by atoms with van der Waals surface area (Å²) in [6, 6.07) is 7.40. The number of rotatable bonds is 2. The zero-order valence-corrected chi connectivity index (χ0v) is 9.14. The number of aliphatic carboxylic acids is 1. The van der Waals surface area contributed by atoms with E-state index in [4.69, 9.17) is 5.11 Å². The van der Waals surface area contributed by atoms with Crippen LogP contribution in [0, 0.1) is 0 Å².